The molecule has 426 valence electrons. The van der Waals surface area contributed by atoms with Gasteiger partial charge in [-0.15, -0.1) is 0 Å². The molecular formula is C51H54N12O18. The summed E-state index contributed by atoms with van der Waals surface area (Å²) in [4.78, 5) is 137. The molecule has 6 heterocycles. The van der Waals surface area contributed by atoms with Gasteiger partial charge in [0, 0.05) is 0 Å². The number of hydrogen-bond acceptors (Lipinski definition) is 24. The van der Waals surface area contributed by atoms with E-state index in [1.54, 1.807) is 36.4 Å². The Bertz CT molecular complexity index is 4200. The van der Waals surface area contributed by atoms with Crippen molar-refractivity contribution in [2.45, 2.75) is 97.8 Å². The van der Waals surface area contributed by atoms with Gasteiger partial charge in [0.05, 0.1) is 65.9 Å². The van der Waals surface area contributed by atoms with Gasteiger partial charge in [-0.3, -0.25) is 43.7 Å². The first-order chi connectivity index (χ1) is 38.2. The molecule has 6 aliphatic rings. The number of aromatic amines is 3. The van der Waals surface area contributed by atoms with Gasteiger partial charge < -0.3 is 59.7 Å². The first-order valence-corrected chi connectivity index (χ1v) is 24.4. The number of aliphatic hydroxyl groups excluding tert-OH is 9. The van der Waals surface area contributed by atoms with Gasteiger partial charge >= 0.3 is 17.1 Å². The Morgan fingerprint density at radius 1 is 0.444 bits per heavy atom. The van der Waals surface area contributed by atoms with Crippen LogP contribution in [0.5, 0.6) is 0 Å². The number of fused-ring (bicyclic) bond motifs is 6. The Balaban J connectivity index is 0.000000175. The number of benzene rings is 3. The van der Waals surface area contributed by atoms with Crippen LogP contribution in [-0.4, -0.2) is 178 Å². The van der Waals surface area contributed by atoms with Gasteiger partial charge in [-0.05, 0) is 111 Å². The number of aliphatic hydroxyl groups is 9. The lowest BCUT2D eigenvalue weighted by atomic mass is 10.1. The highest BCUT2D eigenvalue weighted by atomic mass is 16.4. The van der Waals surface area contributed by atoms with Gasteiger partial charge in [0.15, 0.2) is 51.9 Å². The third kappa shape index (κ3) is 12.5. The number of rotatable bonds is 15. The first-order valence-electron chi connectivity index (χ1n) is 24.4. The molecule has 6 unspecified atom stereocenters. The number of nitrogens with one attached hydrogen (secondary N) is 3. The molecule has 0 spiro atoms. The van der Waals surface area contributed by atoms with Crippen LogP contribution in [0.25, 0.3) is 67.7 Å². The molecule has 0 aromatic heterocycles. The van der Waals surface area contributed by atoms with Gasteiger partial charge in [0.1, 0.15) is 43.2 Å². The van der Waals surface area contributed by atoms with Crippen molar-refractivity contribution in [3.63, 3.8) is 0 Å². The Labute approximate surface area is 452 Å². The van der Waals surface area contributed by atoms with Crippen LogP contribution in [0.15, 0.2) is 65.2 Å². The van der Waals surface area contributed by atoms with E-state index in [1.165, 1.54) is 13.7 Å². The highest BCUT2D eigenvalue weighted by Crippen LogP contribution is 2.27. The van der Waals surface area contributed by atoms with Crippen LogP contribution in [0.2, 0.25) is 0 Å². The van der Waals surface area contributed by atoms with Crippen LogP contribution in [0, 0.1) is 41.5 Å². The standard InChI is InChI=1S/3C17H18N4O6/c3*1-7-3-9-10(4-8(7)2)21(5-11(23)14(25)12(24)6-22)15-13(18-9)16(26)20-17(27)19-15/h3-4,12,14,22,24-25H,5-6H2,1-2H3,(H,20,26,27);3-4,11,14,22-23,25H,5-6H2,1-2H3,(H,20,26,27);3-4,11-12,22-24H,5-6H2,1-2H3,(H,20,26,27). The van der Waals surface area contributed by atoms with E-state index in [9.17, 15) is 73.8 Å². The van der Waals surface area contributed by atoms with E-state index in [0.717, 1.165) is 33.4 Å². The summed E-state index contributed by atoms with van der Waals surface area (Å²) in [5, 5.41) is 85.8. The largest absolute Gasteiger partial charge is 0.394 e. The third-order valence-electron chi connectivity index (χ3n) is 13.3. The quantitative estimate of drug-likeness (QED) is 0.0430. The van der Waals surface area contributed by atoms with Crippen LogP contribution >= 0.6 is 0 Å². The summed E-state index contributed by atoms with van der Waals surface area (Å²) in [5.41, 5.74) is 2.76. The van der Waals surface area contributed by atoms with Crippen molar-refractivity contribution < 1.29 is 60.3 Å². The molecule has 81 heavy (non-hydrogen) atoms. The van der Waals surface area contributed by atoms with Crippen molar-refractivity contribution in [3.05, 3.63) is 132 Å². The van der Waals surface area contributed by atoms with Crippen molar-refractivity contribution >= 4 is 50.4 Å². The summed E-state index contributed by atoms with van der Waals surface area (Å²) >= 11 is 0. The monoisotopic (exact) mass is 1120 g/mol. The smallest absolute Gasteiger partial charge is 0.349 e. The molecule has 12 N–H and O–H groups in total. The molecule has 6 atom stereocenters. The summed E-state index contributed by atoms with van der Waals surface area (Å²) in [6, 6.07) is 10.4. The van der Waals surface area contributed by atoms with Crippen molar-refractivity contribution in [3.8, 4) is 34.6 Å². The molecule has 6 aliphatic heterocycles. The molecule has 9 rings (SSSR count). The third-order valence-corrected chi connectivity index (χ3v) is 13.3. The number of nitrogens with zero attached hydrogens (tertiary/aromatic N) is 9. The van der Waals surface area contributed by atoms with Crippen LogP contribution in [-0.2, 0) is 34.0 Å². The molecule has 0 fully saturated rings. The number of ketones is 3. The fraction of sp³-hybridized carbons (Fsp3) is 0.353. The van der Waals surface area contributed by atoms with E-state index in [4.69, 9.17) is 15.3 Å². The van der Waals surface area contributed by atoms with Crippen molar-refractivity contribution in [1.29, 1.82) is 0 Å². The zero-order valence-corrected chi connectivity index (χ0v) is 43.9. The van der Waals surface area contributed by atoms with Crippen LogP contribution in [0.3, 0.4) is 0 Å². The molecule has 30 nitrogen and oxygen atoms in total. The summed E-state index contributed by atoms with van der Waals surface area (Å²) in [7, 11) is 0. The normalized spacial score (nSPS) is 13.8. The van der Waals surface area contributed by atoms with Gasteiger partial charge in [0.2, 0.25) is 0 Å². The maximum atomic E-state index is 12.4. The molecule has 0 radical (unpaired) electrons. The van der Waals surface area contributed by atoms with Gasteiger partial charge in [-0.1, -0.05) is 0 Å². The molecule has 3 aromatic rings. The molecule has 0 saturated carbocycles. The Morgan fingerprint density at radius 3 is 1.16 bits per heavy atom. The Kier molecular flexibility index (Phi) is 17.9. The summed E-state index contributed by atoms with van der Waals surface area (Å²) in [6.45, 7) is 7.38. The number of carbonyl (C=O) groups is 3. The minimum atomic E-state index is -1.83. The van der Waals surface area contributed by atoms with Gasteiger partial charge in [-0.25, -0.2) is 29.3 Å². The highest BCUT2D eigenvalue weighted by Gasteiger charge is 2.30. The van der Waals surface area contributed by atoms with Crippen molar-refractivity contribution in [2.24, 2.45) is 0 Å². The molecule has 0 aliphatic carbocycles. The Hall–Kier alpha value is -8.85. The number of hydrogen-bond donors (Lipinski definition) is 12. The number of Topliss-reactive ketones (excluding diaryl/α,β-unsaturated/α-hetero) is 3. The second kappa shape index (κ2) is 24.3. The minimum absolute atomic E-state index is 0.0813. The molecule has 3 aromatic carbocycles. The number of aryl methyl sites for hydroxylation is 6. The number of H-pyrrole nitrogens is 3. The van der Waals surface area contributed by atoms with E-state index in [1.807, 2.05) is 56.5 Å². The van der Waals surface area contributed by atoms with Crippen LogP contribution in [0.1, 0.15) is 33.4 Å². The average molecular weight is 1120 g/mol. The molecule has 0 bridgehead atoms. The fourth-order valence-electron chi connectivity index (χ4n) is 8.41. The van der Waals surface area contributed by atoms with Crippen molar-refractivity contribution in [1.82, 2.24) is 58.6 Å². The second-order valence-electron chi connectivity index (χ2n) is 19.0. The topological polar surface area (TPSA) is 475 Å². The van der Waals surface area contributed by atoms with Gasteiger partial charge in [-0.2, -0.15) is 15.0 Å². The van der Waals surface area contributed by atoms with Crippen molar-refractivity contribution in [2.75, 3.05) is 19.8 Å². The molecular weight excluding hydrogens is 1070 g/mol. The Morgan fingerprint density at radius 2 is 0.790 bits per heavy atom. The fourth-order valence-corrected chi connectivity index (χ4v) is 8.41. The zero-order chi connectivity index (χ0) is 59.6. The van der Waals surface area contributed by atoms with E-state index < -0.39 is 114 Å². The lowest BCUT2D eigenvalue weighted by molar-refractivity contribution is -0.138. The van der Waals surface area contributed by atoms with Crippen LogP contribution < -0.4 is 33.7 Å². The summed E-state index contributed by atoms with van der Waals surface area (Å²) in [5.74, 6) is -3.04. The molecule has 0 saturated heterocycles. The lowest BCUT2D eigenvalue weighted by Gasteiger charge is -2.22. The van der Waals surface area contributed by atoms with E-state index in [0.29, 0.717) is 33.1 Å². The SMILES string of the molecule is Cc1cc2nc3c(=O)[nH]c(=O)nc-3n(CC(=O)C(O)C(O)CO)c2cc1C.Cc1cc2nc3c(=O)[nH]c(=O)nc-3n(CC(O)C(=O)C(O)CO)c2cc1C.Cc1cc2nc3c(=O)[nH]c(=O)nc-3n(CC(O)C(O)C(=O)CO)c2cc1C. The van der Waals surface area contributed by atoms with Crippen LogP contribution in [0.4, 0.5) is 0 Å². The maximum absolute atomic E-state index is 12.4. The maximum Gasteiger partial charge on any atom is 0.349 e. The van der Waals surface area contributed by atoms with E-state index in [-0.39, 0.29) is 47.6 Å². The molecule has 0 amide bonds. The minimum Gasteiger partial charge on any atom is -0.394 e. The van der Waals surface area contributed by atoms with E-state index in [2.05, 4.69) is 29.9 Å². The van der Waals surface area contributed by atoms with Gasteiger partial charge in [0.25, 0.3) is 16.7 Å². The predicted octanol–water partition coefficient (Wildman–Crippen LogP) is -4.55. The average Bonchev–Trinajstić information content (AvgIpc) is 3.49. The predicted molar refractivity (Wildman–Crippen MR) is 284 cm³/mol. The number of aromatic nitrogens is 12. The lowest BCUT2D eigenvalue weighted by Crippen LogP contribution is -2.39. The highest BCUT2D eigenvalue weighted by molar-refractivity contribution is 5.89. The second-order valence-corrected chi connectivity index (χ2v) is 19.0. The first kappa shape index (κ1) is 59.8. The summed E-state index contributed by atoms with van der Waals surface area (Å²) in [6.07, 6.45) is -10.3. The number of carbonyl (C=O) groups excluding carboxylic acids is 3. The zero-order valence-electron chi connectivity index (χ0n) is 43.9. The summed E-state index contributed by atoms with van der Waals surface area (Å²) < 4.78 is 4.00. The molecule has 30 heteroatoms. The van der Waals surface area contributed by atoms with E-state index >= 15 is 0 Å².